The molecule has 3 saturated heterocycles. The number of fused-ring (bicyclic) bond motifs is 1. The molecule has 5 rings (SSSR count). The topological polar surface area (TPSA) is 73.8 Å². The second kappa shape index (κ2) is 10.4. The first-order chi connectivity index (χ1) is 18.8. The van der Waals surface area contributed by atoms with Crippen LogP contribution in [0.3, 0.4) is 0 Å². The Bertz CT molecular complexity index is 1030. The van der Waals surface area contributed by atoms with E-state index in [2.05, 4.69) is 53.8 Å². The summed E-state index contributed by atoms with van der Waals surface area (Å²) in [7, 11) is 3.11. The molecule has 0 aromatic heterocycles. The van der Waals surface area contributed by atoms with E-state index in [0.29, 0.717) is 32.7 Å². The molecule has 40 heavy (non-hydrogen) atoms. The maximum Gasteiger partial charge on any atom is 0.192 e. The van der Waals surface area contributed by atoms with Crippen LogP contribution in [0.1, 0.15) is 66.7 Å². The van der Waals surface area contributed by atoms with E-state index >= 15 is 0 Å². The lowest BCUT2D eigenvalue weighted by Crippen LogP contribution is -2.65. The van der Waals surface area contributed by atoms with Gasteiger partial charge < -0.3 is 37.6 Å². The molecule has 0 aromatic carbocycles. The molecule has 3 fully saturated rings. The molecule has 0 unspecified atom stereocenters. The summed E-state index contributed by atoms with van der Waals surface area (Å²) in [6, 6.07) is 0. The highest BCUT2D eigenvalue weighted by molar-refractivity contribution is 6.74. The highest BCUT2D eigenvalue weighted by Gasteiger charge is 2.73. The van der Waals surface area contributed by atoms with Crippen molar-refractivity contribution in [3.63, 3.8) is 0 Å². The average molecular weight is 581 g/mol. The van der Waals surface area contributed by atoms with E-state index in [-0.39, 0.29) is 30.0 Å². The van der Waals surface area contributed by atoms with Gasteiger partial charge >= 0.3 is 0 Å². The summed E-state index contributed by atoms with van der Waals surface area (Å²) in [5.74, 6) is -0.810. The van der Waals surface area contributed by atoms with Gasteiger partial charge in [0.05, 0.1) is 50.5 Å². The quantitative estimate of drug-likeness (QED) is 0.179. The summed E-state index contributed by atoms with van der Waals surface area (Å²) in [5.41, 5.74) is 1.41. The fourth-order valence-corrected chi connectivity index (χ4v) is 9.34. The molecule has 5 aliphatic rings. The van der Waals surface area contributed by atoms with Crippen LogP contribution in [0.25, 0.3) is 0 Å². The SMILES string of the molecule is COCOCC[C@@]1(C)C(C2=C(OC)[C@@]3(C)CC[C@H]4C[C@@H](O[Si](C)(C)C(C)(C)C)[C@@H]2[C@]3(OC)O4)=CCC12OCCO2. The molecule has 0 amide bonds. The van der Waals surface area contributed by atoms with Gasteiger partial charge in [0.15, 0.2) is 19.9 Å². The van der Waals surface area contributed by atoms with Crippen molar-refractivity contribution in [1.82, 2.24) is 0 Å². The molecule has 0 N–H and O–H groups in total. The van der Waals surface area contributed by atoms with Crippen molar-refractivity contribution in [1.29, 1.82) is 0 Å². The molecule has 2 aliphatic carbocycles. The van der Waals surface area contributed by atoms with Crippen LogP contribution in [0.2, 0.25) is 18.1 Å². The fourth-order valence-electron chi connectivity index (χ4n) is 8.00. The number of ether oxygens (including phenoxy) is 7. The highest BCUT2D eigenvalue weighted by atomic mass is 28.4. The monoisotopic (exact) mass is 580 g/mol. The second-order valence-corrected chi connectivity index (χ2v) is 19.0. The highest BCUT2D eigenvalue weighted by Crippen LogP contribution is 2.69. The summed E-state index contributed by atoms with van der Waals surface area (Å²) in [6.45, 7) is 18.0. The van der Waals surface area contributed by atoms with Crippen LogP contribution < -0.4 is 0 Å². The molecule has 2 bridgehead atoms. The van der Waals surface area contributed by atoms with Crippen molar-refractivity contribution in [3.8, 4) is 0 Å². The largest absolute Gasteiger partial charge is 0.500 e. The predicted octanol–water partition coefficient (Wildman–Crippen LogP) is 5.93. The Morgan fingerprint density at radius 1 is 1.07 bits per heavy atom. The summed E-state index contributed by atoms with van der Waals surface area (Å²) in [4.78, 5) is 0. The zero-order valence-electron chi connectivity index (χ0n) is 26.4. The molecule has 228 valence electrons. The third kappa shape index (κ3) is 4.25. The number of rotatable bonds is 10. The molecule has 1 spiro atoms. The minimum absolute atomic E-state index is 0.0567. The van der Waals surface area contributed by atoms with Gasteiger partial charge in [0.25, 0.3) is 0 Å². The Kier molecular flexibility index (Phi) is 8.00. The Balaban J connectivity index is 1.65. The lowest BCUT2D eigenvalue weighted by molar-refractivity contribution is -0.362. The summed E-state index contributed by atoms with van der Waals surface area (Å²) in [6.07, 6.45) is 6.46. The molecule has 0 saturated carbocycles. The molecular weight excluding hydrogens is 528 g/mol. The van der Waals surface area contributed by atoms with Gasteiger partial charge in [-0.1, -0.05) is 33.8 Å². The third-order valence-corrected chi connectivity index (χ3v) is 15.7. The van der Waals surface area contributed by atoms with Crippen molar-refractivity contribution < 1.29 is 37.6 Å². The first kappa shape index (κ1) is 30.7. The van der Waals surface area contributed by atoms with Gasteiger partial charge in [-0.25, -0.2) is 0 Å². The van der Waals surface area contributed by atoms with E-state index in [1.54, 1.807) is 21.3 Å². The number of hydrogen-bond donors (Lipinski definition) is 0. The van der Waals surface area contributed by atoms with Gasteiger partial charge in [0.1, 0.15) is 12.6 Å². The standard InChI is InChI=1S/C31H52O8Si/c1-27(2,3)40(9,10)39-23-19-21-11-13-29(5)26(33-7)24(25(23)31(29,34-8)38-21)22-12-14-30(36-17-18-37-30)28(22,4)15-16-35-20-32-6/h12,21,23,25H,11,13-20H2,1-10H3/t21-,23+,25-,28-,29+,31-/m0/s1. The van der Waals surface area contributed by atoms with Crippen molar-refractivity contribution in [2.45, 2.75) is 109 Å². The average Bonchev–Trinajstić information content (AvgIpc) is 3.55. The van der Waals surface area contributed by atoms with E-state index in [1.165, 1.54) is 5.57 Å². The van der Waals surface area contributed by atoms with Crippen molar-refractivity contribution >= 4 is 8.32 Å². The Morgan fingerprint density at radius 2 is 1.77 bits per heavy atom. The lowest BCUT2D eigenvalue weighted by atomic mass is 9.66. The van der Waals surface area contributed by atoms with Crippen LogP contribution in [0.15, 0.2) is 23.0 Å². The second-order valence-electron chi connectivity index (χ2n) is 14.2. The minimum Gasteiger partial charge on any atom is -0.500 e. The fraction of sp³-hybridized carbons (Fsp3) is 0.871. The molecule has 0 aromatic rings. The molecular formula is C31H52O8Si. The van der Waals surface area contributed by atoms with Gasteiger partial charge in [-0.3, -0.25) is 0 Å². The van der Waals surface area contributed by atoms with Gasteiger partial charge in [0.2, 0.25) is 0 Å². The van der Waals surface area contributed by atoms with Crippen LogP contribution in [0.5, 0.6) is 0 Å². The van der Waals surface area contributed by atoms with Crippen molar-refractivity contribution in [2.24, 2.45) is 16.7 Å². The summed E-state index contributed by atoms with van der Waals surface area (Å²) < 4.78 is 51.2. The third-order valence-electron chi connectivity index (χ3n) is 11.2. The molecule has 6 atom stereocenters. The zero-order chi connectivity index (χ0) is 29.2. The van der Waals surface area contributed by atoms with Gasteiger partial charge in [-0.15, -0.1) is 0 Å². The van der Waals surface area contributed by atoms with E-state index < -0.39 is 30.7 Å². The molecule has 3 aliphatic heterocycles. The number of methoxy groups -OCH3 is 3. The minimum atomic E-state index is -2.13. The van der Waals surface area contributed by atoms with E-state index in [0.717, 1.165) is 30.6 Å². The Morgan fingerprint density at radius 3 is 2.38 bits per heavy atom. The van der Waals surface area contributed by atoms with Crippen LogP contribution in [0, 0.1) is 16.7 Å². The molecule has 3 heterocycles. The smallest absolute Gasteiger partial charge is 0.192 e. The molecule has 0 radical (unpaired) electrons. The summed E-state index contributed by atoms with van der Waals surface area (Å²) >= 11 is 0. The van der Waals surface area contributed by atoms with Crippen LogP contribution in [0.4, 0.5) is 0 Å². The first-order valence-electron chi connectivity index (χ1n) is 15.0. The molecule has 8 nitrogen and oxygen atoms in total. The van der Waals surface area contributed by atoms with E-state index in [9.17, 15) is 0 Å². The van der Waals surface area contributed by atoms with Crippen LogP contribution in [-0.2, 0) is 37.6 Å². The molecule has 9 heteroatoms. The Hall–Kier alpha value is -0.783. The Labute approximate surface area is 242 Å². The van der Waals surface area contributed by atoms with E-state index in [4.69, 9.17) is 37.6 Å². The zero-order valence-corrected chi connectivity index (χ0v) is 27.4. The first-order valence-corrected chi connectivity index (χ1v) is 17.9. The van der Waals surface area contributed by atoms with Gasteiger partial charge in [-0.2, -0.15) is 0 Å². The normalized spacial score (nSPS) is 38.9. The van der Waals surface area contributed by atoms with E-state index in [1.807, 2.05) is 0 Å². The van der Waals surface area contributed by atoms with Crippen LogP contribution >= 0.6 is 0 Å². The van der Waals surface area contributed by atoms with Crippen molar-refractivity contribution in [3.05, 3.63) is 23.0 Å². The lowest BCUT2D eigenvalue weighted by Gasteiger charge is -2.58. The van der Waals surface area contributed by atoms with Gasteiger partial charge in [-0.05, 0) is 56.3 Å². The van der Waals surface area contributed by atoms with Crippen LogP contribution in [-0.4, -0.2) is 80.0 Å². The van der Waals surface area contributed by atoms with Crippen molar-refractivity contribution in [2.75, 3.05) is 47.9 Å². The predicted molar refractivity (Wildman–Crippen MR) is 154 cm³/mol. The van der Waals surface area contributed by atoms with Gasteiger partial charge in [0, 0.05) is 31.6 Å². The maximum atomic E-state index is 7.32. The maximum absolute atomic E-state index is 7.32. The summed E-state index contributed by atoms with van der Waals surface area (Å²) in [5, 5.41) is 0.0753. The number of hydrogen-bond acceptors (Lipinski definition) is 8.